The SMILES string of the molecule is CCN(CCC#N)c1ccc(N=Nc2ccc(S(=O)(=O)F)cc2)c(NC(=O)C(F)(F)F)c1. The van der Waals surface area contributed by atoms with E-state index in [-0.39, 0.29) is 23.5 Å². The number of hydrogen-bond donors (Lipinski definition) is 1. The second-order valence-corrected chi connectivity index (χ2v) is 7.62. The first-order chi connectivity index (χ1) is 15.0. The van der Waals surface area contributed by atoms with Gasteiger partial charge in [0.15, 0.2) is 0 Å². The van der Waals surface area contributed by atoms with Gasteiger partial charge in [0, 0.05) is 18.8 Å². The molecule has 0 radical (unpaired) electrons. The maximum Gasteiger partial charge on any atom is 0.471 e. The number of anilines is 2. The molecule has 0 saturated carbocycles. The van der Waals surface area contributed by atoms with Crippen LogP contribution in [0, 0.1) is 11.3 Å². The molecule has 2 aromatic rings. The number of hydrogen-bond acceptors (Lipinski definition) is 7. The van der Waals surface area contributed by atoms with E-state index in [0.29, 0.717) is 18.8 Å². The summed E-state index contributed by atoms with van der Waals surface area (Å²) >= 11 is 0. The van der Waals surface area contributed by atoms with Gasteiger partial charge in [-0.1, -0.05) is 0 Å². The Morgan fingerprint density at radius 3 is 2.34 bits per heavy atom. The molecule has 170 valence electrons. The van der Waals surface area contributed by atoms with Gasteiger partial charge < -0.3 is 10.2 Å². The minimum atomic E-state index is -5.14. The number of halogens is 4. The molecule has 0 unspecified atom stereocenters. The Labute approximate surface area is 181 Å². The Balaban J connectivity index is 2.40. The van der Waals surface area contributed by atoms with Crippen LogP contribution in [0.15, 0.2) is 57.6 Å². The second kappa shape index (κ2) is 10.2. The van der Waals surface area contributed by atoms with Crippen LogP contribution in [-0.4, -0.2) is 33.6 Å². The Morgan fingerprint density at radius 1 is 1.16 bits per heavy atom. The van der Waals surface area contributed by atoms with E-state index in [1.54, 1.807) is 17.1 Å². The van der Waals surface area contributed by atoms with Gasteiger partial charge >= 0.3 is 22.3 Å². The van der Waals surface area contributed by atoms with Gasteiger partial charge in [-0.15, -0.1) is 9.00 Å². The number of carbonyl (C=O) groups is 1. The topological polar surface area (TPSA) is 115 Å². The van der Waals surface area contributed by atoms with Crippen LogP contribution in [0.2, 0.25) is 0 Å². The van der Waals surface area contributed by atoms with E-state index in [1.165, 1.54) is 18.2 Å². The number of azo groups is 1. The number of amides is 1. The first kappa shape index (κ1) is 24.7. The minimum absolute atomic E-state index is 0.0961. The summed E-state index contributed by atoms with van der Waals surface area (Å²) in [5, 5.41) is 18.1. The molecule has 2 aromatic carbocycles. The number of nitrogens with zero attached hydrogens (tertiary/aromatic N) is 4. The van der Waals surface area contributed by atoms with E-state index in [0.717, 1.165) is 24.3 Å². The van der Waals surface area contributed by atoms with Crippen molar-refractivity contribution in [2.24, 2.45) is 10.2 Å². The van der Waals surface area contributed by atoms with Crippen molar-refractivity contribution in [3.63, 3.8) is 0 Å². The van der Waals surface area contributed by atoms with Crippen molar-refractivity contribution in [2.75, 3.05) is 23.3 Å². The van der Waals surface area contributed by atoms with Crippen molar-refractivity contribution in [3.05, 3.63) is 42.5 Å². The molecular weight excluding hydrogens is 454 g/mol. The zero-order chi connectivity index (χ0) is 23.9. The lowest BCUT2D eigenvalue weighted by atomic mass is 10.2. The molecule has 0 fully saturated rings. The van der Waals surface area contributed by atoms with Crippen LogP contribution in [0.4, 0.5) is 39.8 Å². The zero-order valence-electron chi connectivity index (χ0n) is 16.6. The fraction of sp³-hybridized carbons (Fsp3) is 0.263. The highest BCUT2D eigenvalue weighted by molar-refractivity contribution is 7.86. The number of carbonyl (C=O) groups excluding carboxylic acids is 1. The molecule has 0 aliphatic carbocycles. The summed E-state index contributed by atoms with van der Waals surface area (Å²) in [5.74, 6) is -2.20. The predicted octanol–water partition coefficient (Wildman–Crippen LogP) is 5.00. The summed E-state index contributed by atoms with van der Waals surface area (Å²) in [6, 6.07) is 10.3. The lowest BCUT2D eigenvalue weighted by Gasteiger charge is -2.23. The van der Waals surface area contributed by atoms with Crippen LogP contribution in [0.3, 0.4) is 0 Å². The Morgan fingerprint density at radius 2 is 1.81 bits per heavy atom. The predicted molar refractivity (Wildman–Crippen MR) is 108 cm³/mol. The first-order valence-electron chi connectivity index (χ1n) is 9.06. The summed E-state index contributed by atoms with van der Waals surface area (Å²) in [6.07, 6.45) is -4.95. The number of nitriles is 1. The quantitative estimate of drug-likeness (QED) is 0.330. The van der Waals surface area contributed by atoms with E-state index < -0.39 is 27.2 Å². The molecule has 0 saturated heterocycles. The lowest BCUT2D eigenvalue weighted by molar-refractivity contribution is -0.167. The van der Waals surface area contributed by atoms with Crippen molar-refractivity contribution >= 4 is 38.9 Å². The molecule has 1 amide bonds. The normalized spacial score (nSPS) is 11.9. The average molecular weight is 471 g/mol. The third kappa shape index (κ3) is 6.74. The van der Waals surface area contributed by atoms with Gasteiger partial charge in [-0.05, 0) is 49.4 Å². The molecule has 8 nitrogen and oxygen atoms in total. The molecule has 32 heavy (non-hydrogen) atoms. The van der Waals surface area contributed by atoms with Gasteiger partial charge in [0.25, 0.3) is 0 Å². The molecule has 0 spiro atoms. The molecule has 0 aromatic heterocycles. The lowest BCUT2D eigenvalue weighted by Crippen LogP contribution is -2.30. The minimum Gasteiger partial charge on any atom is -0.371 e. The largest absolute Gasteiger partial charge is 0.471 e. The number of alkyl halides is 3. The van der Waals surface area contributed by atoms with Crippen LogP contribution in [-0.2, 0) is 15.0 Å². The number of nitrogens with one attached hydrogen (secondary N) is 1. The Kier molecular flexibility index (Phi) is 7.87. The fourth-order valence-corrected chi connectivity index (χ4v) is 3.00. The van der Waals surface area contributed by atoms with Gasteiger partial charge in [0.05, 0.1) is 28.8 Å². The van der Waals surface area contributed by atoms with E-state index in [1.807, 2.05) is 6.07 Å². The Hall–Kier alpha value is -3.53. The summed E-state index contributed by atoms with van der Waals surface area (Å²) in [7, 11) is -4.89. The van der Waals surface area contributed by atoms with E-state index in [4.69, 9.17) is 5.26 Å². The van der Waals surface area contributed by atoms with Crippen molar-refractivity contribution in [1.29, 1.82) is 5.26 Å². The van der Waals surface area contributed by atoms with Crippen molar-refractivity contribution in [3.8, 4) is 6.07 Å². The van der Waals surface area contributed by atoms with Crippen LogP contribution in [0.5, 0.6) is 0 Å². The van der Waals surface area contributed by atoms with Crippen LogP contribution >= 0.6 is 0 Å². The highest BCUT2D eigenvalue weighted by atomic mass is 32.3. The summed E-state index contributed by atoms with van der Waals surface area (Å²) in [5.41, 5.74) is 0.173. The summed E-state index contributed by atoms with van der Waals surface area (Å²) in [4.78, 5) is 12.6. The average Bonchev–Trinajstić information content (AvgIpc) is 2.72. The molecular formula is C19H17F4N5O3S. The molecule has 0 atom stereocenters. The van der Waals surface area contributed by atoms with Crippen LogP contribution < -0.4 is 10.2 Å². The molecule has 0 aliphatic rings. The maximum absolute atomic E-state index is 12.9. The summed E-state index contributed by atoms with van der Waals surface area (Å²) < 4.78 is 72.9. The van der Waals surface area contributed by atoms with Gasteiger partial charge in [-0.3, -0.25) is 4.79 Å². The first-order valence-corrected chi connectivity index (χ1v) is 10.4. The second-order valence-electron chi connectivity index (χ2n) is 6.27. The zero-order valence-corrected chi connectivity index (χ0v) is 17.4. The van der Waals surface area contributed by atoms with E-state index in [2.05, 4.69) is 10.2 Å². The molecule has 0 aliphatic heterocycles. The highest BCUT2D eigenvalue weighted by Crippen LogP contribution is 2.33. The monoisotopic (exact) mass is 471 g/mol. The third-order valence-corrected chi connectivity index (χ3v) is 4.95. The molecule has 0 heterocycles. The molecule has 1 N–H and O–H groups in total. The van der Waals surface area contributed by atoms with Gasteiger partial charge in [-0.25, -0.2) is 0 Å². The Bertz CT molecular complexity index is 1140. The smallest absolute Gasteiger partial charge is 0.371 e. The van der Waals surface area contributed by atoms with E-state index in [9.17, 15) is 30.3 Å². The van der Waals surface area contributed by atoms with Crippen molar-refractivity contribution < 1.29 is 30.3 Å². The van der Waals surface area contributed by atoms with Crippen molar-refractivity contribution in [2.45, 2.75) is 24.4 Å². The van der Waals surface area contributed by atoms with E-state index >= 15 is 0 Å². The van der Waals surface area contributed by atoms with Gasteiger partial charge in [0.1, 0.15) is 5.69 Å². The van der Waals surface area contributed by atoms with Crippen LogP contribution in [0.25, 0.3) is 0 Å². The van der Waals surface area contributed by atoms with Crippen molar-refractivity contribution in [1.82, 2.24) is 0 Å². The number of benzene rings is 2. The standard InChI is InChI=1S/C19H17F4N5O3S/c1-2-28(11-3-10-24)14-6-9-16(17(12-14)25-18(29)19(20,21)22)27-26-13-4-7-15(8-5-13)32(23,30)31/h4-9,12H,2-3,11H2,1H3,(H,25,29). The number of rotatable bonds is 8. The van der Waals surface area contributed by atoms with Crippen LogP contribution in [0.1, 0.15) is 13.3 Å². The molecule has 2 rings (SSSR count). The third-order valence-electron chi connectivity index (χ3n) is 4.12. The maximum atomic E-state index is 12.9. The van der Waals surface area contributed by atoms with Gasteiger partial charge in [-0.2, -0.15) is 32.0 Å². The molecule has 13 heteroatoms. The summed E-state index contributed by atoms with van der Waals surface area (Å²) in [6.45, 7) is 2.57. The fourth-order valence-electron chi connectivity index (χ4n) is 2.54. The highest BCUT2D eigenvalue weighted by Gasteiger charge is 2.39. The molecule has 0 bridgehead atoms. The van der Waals surface area contributed by atoms with Gasteiger partial charge in [0.2, 0.25) is 0 Å².